The summed E-state index contributed by atoms with van der Waals surface area (Å²) in [7, 11) is 0. The van der Waals surface area contributed by atoms with E-state index in [1.54, 1.807) is 18.2 Å². The summed E-state index contributed by atoms with van der Waals surface area (Å²) in [6.45, 7) is 0.324. The highest BCUT2D eigenvalue weighted by molar-refractivity contribution is 6.30. The maximum atomic E-state index is 13.0. The predicted octanol–water partition coefficient (Wildman–Crippen LogP) is 3.37. The molecule has 0 aliphatic carbocycles. The van der Waals surface area contributed by atoms with Gasteiger partial charge in [-0.15, -0.1) is 0 Å². The van der Waals surface area contributed by atoms with Crippen LogP contribution in [-0.4, -0.2) is 11.1 Å². The van der Waals surface area contributed by atoms with Crippen LogP contribution in [0.4, 0.5) is 15.8 Å². The molecule has 0 bridgehead atoms. The number of nitrogens with one attached hydrogen (secondary N) is 1. The van der Waals surface area contributed by atoms with E-state index in [1.807, 2.05) is 0 Å². The number of benzene rings is 2. The average molecular weight is 295 g/mol. The maximum Gasteiger partial charge on any atom is 0.337 e. The van der Waals surface area contributed by atoms with Crippen LogP contribution in [0.2, 0.25) is 5.02 Å². The first-order chi connectivity index (χ1) is 9.47. The third-order valence-electron chi connectivity index (χ3n) is 2.74. The number of rotatable bonds is 4. The smallest absolute Gasteiger partial charge is 0.337 e. The third-order valence-corrected chi connectivity index (χ3v) is 3.03. The molecule has 0 saturated heterocycles. The molecular weight excluding hydrogens is 283 g/mol. The first-order valence-corrected chi connectivity index (χ1v) is 6.16. The lowest BCUT2D eigenvalue weighted by molar-refractivity contribution is 0.0698. The number of carboxylic acid groups (broad SMARTS) is 1. The minimum atomic E-state index is -1.07. The van der Waals surface area contributed by atoms with E-state index in [2.05, 4.69) is 5.32 Å². The molecule has 0 saturated carbocycles. The van der Waals surface area contributed by atoms with Crippen LogP contribution >= 0.6 is 11.6 Å². The summed E-state index contributed by atoms with van der Waals surface area (Å²) < 4.78 is 13.0. The summed E-state index contributed by atoms with van der Waals surface area (Å²) in [6.07, 6.45) is 0. The van der Waals surface area contributed by atoms with E-state index in [4.69, 9.17) is 22.4 Å². The van der Waals surface area contributed by atoms with Gasteiger partial charge in [-0.25, -0.2) is 9.18 Å². The fourth-order valence-corrected chi connectivity index (χ4v) is 1.94. The standard InChI is InChI=1S/C14H12ClFN2O2/c15-11-5-8(1-3-12(11)16)7-18-13-4-2-9(17)6-10(13)14(19)20/h1-6,18H,7,17H2,(H,19,20). The Balaban J connectivity index is 2.18. The Morgan fingerprint density at radius 1 is 1.30 bits per heavy atom. The fraction of sp³-hybridized carbons (Fsp3) is 0.0714. The molecule has 2 rings (SSSR count). The highest BCUT2D eigenvalue weighted by Gasteiger charge is 2.10. The lowest BCUT2D eigenvalue weighted by atomic mass is 10.1. The predicted molar refractivity (Wildman–Crippen MR) is 76.6 cm³/mol. The number of hydrogen-bond acceptors (Lipinski definition) is 3. The second-order valence-corrected chi connectivity index (χ2v) is 4.62. The van der Waals surface area contributed by atoms with Gasteiger partial charge in [-0.05, 0) is 35.9 Å². The van der Waals surface area contributed by atoms with Crippen molar-refractivity contribution < 1.29 is 14.3 Å². The second-order valence-electron chi connectivity index (χ2n) is 4.21. The number of hydrogen-bond donors (Lipinski definition) is 3. The van der Waals surface area contributed by atoms with Crippen LogP contribution < -0.4 is 11.1 Å². The highest BCUT2D eigenvalue weighted by Crippen LogP contribution is 2.21. The highest BCUT2D eigenvalue weighted by atomic mass is 35.5. The molecule has 0 aromatic heterocycles. The molecule has 104 valence electrons. The van der Waals surface area contributed by atoms with Crippen LogP contribution in [0, 0.1) is 5.82 Å². The molecule has 0 amide bonds. The molecule has 0 heterocycles. The average Bonchev–Trinajstić information content (AvgIpc) is 2.41. The maximum absolute atomic E-state index is 13.0. The summed E-state index contributed by atoms with van der Waals surface area (Å²) in [6, 6.07) is 8.90. The molecule has 6 heteroatoms. The van der Waals surface area contributed by atoms with E-state index >= 15 is 0 Å². The van der Waals surface area contributed by atoms with Crippen molar-refractivity contribution in [3.8, 4) is 0 Å². The monoisotopic (exact) mass is 294 g/mol. The number of halogens is 2. The number of nitrogen functional groups attached to an aromatic ring is 1. The number of carbonyl (C=O) groups is 1. The molecule has 4 N–H and O–H groups in total. The van der Waals surface area contributed by atoms with Crippen molar-refractivity contribution in [1.29, 1.82) is 0 Å². The van der Waals surface area contributed by atoms with Gasteiger partial charge in [0.2, 0.25) is 0 Å². The van der Waals surface area contributed by atoms with E-state index < -0.39 is 11.8 Å². The van der Waals surface area contributed by atoms with Crippen LogP contribution in [0.3, 0.4) is 0 Å². The summed E-state index contributed by atoms with van der Waals surface area (Å²) in [4.78, 5) is 11.1. The zero-order chi connectivity index (χ0) is 14.7. The molecular formula is C14H12ClFN2O2. The van der Waals surface area contributed by atoms with Crippen molar-refractivity contribution in [1.82, 2.24) is 0 Å². The first kappa shape index (κ1) is 14.1. The molecule has 0 radical (unpaired) electrons. The molecule has 0 aliphatic heterocycles. The van der Waals surface area contributed by atoms with Crippen molar-refractivity contribution in [3.05, 3.63) is 58.4 Å². The summed E-state index contributed by atoms with van der Waals surface area (Å²) >= 11 is 5.68. The minimum absolute atomic E-state index is 0.0278. The van der Waals surface area contributed by atoms with Gasteiger partial charge in [-0.2, -0.15) is 0 Å². The van der Waals surface area contributed by atoms with Crippen molar-refractivity contribution in [3.63, 3.8) is 0 Å². The van der Waals surface area contributed by atoms with Gasteiger partial charge in [-0.3, -0.25) is 0 Å². The summed E-state index contributed by atoms with van der Waals surface area (Å²) in [5.41, 5.74) is 7.19. The van der Waals surface area contributed by atoms with E-state index in [-0.39, 0.29) is 10.6 Å². The molecule has 0 unspecified atom stereocenters. The van der Waals surface area contributed by atoms with Crippen molar-refractivity contribution in [2.45, 2.75) is 6.54 Å². The fourth-order valence-electron chi connectivity index (χ4n) is 1.74. The van der Waals surface area contributed by atoms with E-state index in [1.165, 1.54) is 18.2 Å². The van der Waals surface area contributed by atoms with Crippen LogP contribution in [0.1, 0.15) is 15.9 Å². The van der Waals surface area contributed by atoms with Gasteiger partial charge in [0.05, 0.1) is 10.6 Å². The molecule has 4 nitrogen and oxygen atoms in total. The number of anilines is 2. The Labute approximate surface area is 120 Å². The van der Waals surface area contributed by atoms with E-state index in [0.717, 1.165) is 5.56 Å². The Morgan fingerprint density at radius 3 is 2.70 bits per heavy atom. The molecule has 2 aromatic carbocycles. The Kier molecular flexibility index (Phi) is 4.10. The van der Waals surface area contributed by atoms with Gasteiger partial charge < -0.3 is 16.2 Å². The van der Waals surface area contributed by atoms with Gasteiger partial charge in [-0.1, -0.05) is 17.7 Å². The van der Waals surface area contributed by atoms with Gasteiger partial charge in [0.1, 0.15) is 5.82 Å². The van der Waals surface area contributed by atoms with Crippen molar-refractivity contribution in [2.75, 3.05) is 11.1 Å². The Hall–Kier alpha value is -2.27. The van der Waals surface area contributed by atoms with Gasteiger partial charge in [0.15, 0.2) is 0 Å². The Morgan fingerprint density at radius 2 is 2.05 bits per heavy atom. The number of nitrogens with two attached hydrogens (primary N) is 1. The molecule has 2 aromatic rings. The first-order valence-electron chi connectivity index (χ1n) is 5.78. The second kappa shape index (κ2) is 5.79. The topological polar surface area (TPSA) is 75.3 Å². The van der Waals surface area contributed by atoms with E-state index in [9.17, 15) is 9.18 Å². The summed E-state index contributed by atoms with van der Waals surface area (Å²) in [5, 5.41) is 12.1. The van der Waals surface area contributed by atoms with Crippen molar-refractivity contribution >= 4 is 28.9 Å². The summed E-state index contributed by atoms with van der Waals surface area (Å²) in [5.74, 6) is -1.56. The lowest BCUT2D eigenvalue weighted by Crippen LogP contribution is -2.07. The number of aromatic carboxylic acids is 1. The molecule has 0 atom stereocenters. The zero-order valence-electron chi connectivity index (χ0n) is 10.4. The normalized spacial score (nSPS) is 10.3. The molecule has 0 aliphatic rings. The third kappa shape index (κ3) is 3.19. The van der Waals surface area contributed by atoms with Gasteiger partial charge >= 0.3 is 5.97 Å². The van der Waals surface area contributed by atoms with Gasteiger partial charge in [0.25, 0.3) is 0 Å². The van der Waals surface area contributed by atoms with Crippen LogP contribution in [0.5, 0.6) is 0 Å². The molecule has 20 heavy (non-hydrogen) atoms. The number of carboxylic acids is 1. The lowest BCUT2D eigenvalue weighted by Gasteiger charge is -2.10. The molecule has 0 spiro atoms. The van der Waals surface area contributed by atoms with E-state index in [0.29, 0.717) is 17.9 Å². The van der Waals surface area contributed by atoms with Crippen molar-refractivity contribution in [2.24, 2.45) is 0 Å². The van der Waals surface area contributed by atoms with Gasteiger partial charge in [0, 0.05) is 17.9 Å². The quantitative estimate of drug-likeness (QED) is 0.756. The zero-order valence-corrected chi connectivity index (χ0v) is 11.1. The molecule has 0 fully saturated rings. The van der Waals surface area contributed by atoms with Crippen LogP contribution in [0.15, 0.2) is 36.4 Å². The SMILES string of the molecule is Nc1ccc(NCc2ccc(F)c(Cl)c2)c(C(=O)O)c1. The Bertz CT molecular complexity index is 662. The largest absolute Gasteiger partial charge is 0.478 e. The van der Waals surface area contributed by atoms with Crippen LogP contribution in [-0.2, 0) is 6.54 Å². The minimum Gasteiger partial charge on any atom is -0.478 e. The van der Waals surface area contributed by atoms with Crippen LogP contribution in [0.25, 0.3) is 0 Å².